The van der Waals surface area contributed by atoms with Gasteiger partial charge < -0.3 is 15.8 Å². The third kappa shape index (κ3) is 4.71. The number of hydrogen-bond acceptors (Lipinski definition) is 6. The number of hydrogen-bond donors (Lipinski definition) is 2. The molecule has 2 heterocycles. The summed E-state index contributed by atoms with van der Waals surface area (Å²) in [5, 5.41) is 9.36. The van der Waals surface area contributed by atoms with Crippen LogP contribution in [0.3, 0.4) is 0 Å². The highest BCUT2D eigenvalue weighted by molar-refractivity contribution is 6.36. The summed E-state index contributed by atoms with van der Waals surface area (Å²) in [6.07, 6.45) is 8.01. The highest BCUT2D eigenvalue weighted by Gasteiger charge is 2.28. The SMILES string of the molecule is COc1nc(-c2ccc(F)c(-c3cccc(NC(=O)C4=CC=NN(C)C4=C4CCC4)c3C)c2Cl)cc2c1C(N)CC2. The number of carbonyl (C=O) groups is 1. The Morgan fingerprint density at radius 2 is 2.00 bits per heavy atom. The van der Waals surface area contributed by atoms with Crippen molar-refractivity contribution in [1.29, 1.82) is 0 Å². The third-order valence-electron chi connectivity index (χ3n) is 8.21. The van der Waals surface area contributed by atoms with E-state index in [4.69, 9.17) is 22.1 Å². The molecule has 7 nitrogen and oxygen atoms in total. The zero-order valence-corrected chi connectivity index (χ0v) is 24.0. The Hall–Kier alpha value is -4.01. The molecule has 0 radical (unpaired) electrons. The van der Waals surface area contributed by atoms with Crippen LogP contribution in [-0.4, -0.2) is 36.3 Å². The summed E-state index contributed by atoms with van der Waals surface area (Å²) >= 11 is 6.93. The Bertz CT molecular complexity index is 1670. The standard InChI is InChI=1S/C32H31ClFN5O2/c1-17-20(8-5-9-25(17)37-31(40)22-14-15-36-39(2)30(22)18-6-4-7-18)28-23(34)12-11-21(29(28)33)26-16-19-10-13-24(35)27(19)32(38-26)41-3/h5,8-9,11-12,14-16,24H,4,6-7,10,13,35H2,1-3H3,(H,37,40). The molecule has 210 valence electrons. The molecule has 2 aromatic carbocycles. The lowest BCUT2D eigenvalue weighted by Gasteiger charge is -2.29. The zero-order chi connectivity index (χ0) is 28.8. The summed E-state index contributed by atoms with van der Waals surface area (Å²) in [6.45, 7) is 1.85. The van der Waals surface area contributed by atoms with Crippen molar-refractivity contribution in [2.24, 2.45) is 10.8 Å². The first-order valence-corrected chi connectivity index (χ1v) is 14.1. The number of likely N-dealkylation sites (N-methyl/N-ethyl adjacent to an activating group) is 1. The predicted octanol–water partition coefficient (Wildman–Crippen LogP) is 6.71. The van der Waals surface area contributed by atoms with Gasteiger partial charge in [0.2, 0.25) is 5.88 Å². The number of rotatable bonds is 5. The van der Waals surface area contributed by atoms with Crippen molar-refractivity contribution in [3.8, 4) is 28.3 Å². The highest BCUT2D eigenvalue weighted by Crippen LogP contribution is 2.43. The molecule has 1 unspecified atom stereocenters. The number of carbonyl (C=O) groups excluding carboxylic acids is 1. The Labute approximate surface area is 243 Å². The molecule has 3 aliphatic rings. The van der Waals surface area contributed by atoms with Gasteiger partial charge in [0, 0.05) is 41.7 Å². The Morgan fingerprint density at radius 3 is 2.73 bits per heavy atom. The molecule has 9 heteroatoms. The van der Waals surface area contributed by atoms with Crippen LogP contribution in [0.1, 0.15) is 48.4 Å². The van der Waals surface area contributed by atoms with Crippen molar-refractivity contribution in [2.75, 3.05) is 19.5 Å². The van der Waals surface area contributed by atoms with Gasteiger partial charge in [-0.1, -0.05) is 23.7 Å². The maximum Gasteiger partial charge on any atom is 0.257 e. The van der Waals surface area contributed by atoms with Gasteiger partial charge in [0.25, 0.3) is 5.91 Å². The lowest BCUT2D eigenvalue weighted by molar-refractivity contribution is -0.112. The smallest absolute Gasteiger partial charge is 0.257 e. The summed E-state index contributed by atoms with van der Waals surface area (Å²) in [4.78, 5) is 18.2. The summed E-state index contributed by atoms with van der Waals surface area (Å²) in [6, 6.07) is 10.3. The lowest BCUT2D eigenvalue weighted by Crippen LogP contribution is -2.27. The number of ether oxygens (including phenoxy) is 1. The Morgan fingerprint density at radius 1 is 1.20 bits per heavy atom. The van der Waals surface area contributed by atoms with Crippen LogP contribution in [-0.2, 0) is 11.2 Å². The topological polar surface area (TPSA) is 92.8 Å². The Kier molecular flexibility index (Phi) is 7.13. The average molecular weight is 572 g/mol. The number of anilines is 1. The van der Waals surface area contributed by atoms with Gasteiger partial charge in [0.15, 0.2) is 0 Å². The fourth-order valence-corrected chi connectivity index (χ4v) is 6.23. The van der Waals surface area contributed by atoms with E-state index in [0.717, 1.165) is 48.9 Å². The number of nitrogens with two attached hydrogens (primary N) is 1. The number of aromatic nitrogens is 1. The fourth-order valence-electron chi connectivity index (χ4n) is 5.87. The van der Waals surface area contributed by atoms with Crippen molar-refractivity contribution in [3.63, 3.8) is 0 Å². The molecule has 1 saturated carbocycles. The normalized spacial score (nSPS) is 17.8. The van der Waals surface area contributed by atoms with Crippen LogP contribution in [0.4, 0.5) is 10.1 Å². The molecule has 0 bridgehead atoms. The second-order valence-electron chi connectivity index (χ2n) is 10.6. The number of benzene rings is 2. The molecule has 41 heavy (non-hydrogen) atoms. The van der Waals surface area contributed by atoms with E-state index in [0.29, 0.717) is 39.5 Å². The van der Waals surface area contributed by atoms with Crippen LogP contribution in [0.5, 0.6) is 5.88 Å². The molecule has 1 amide bonds. The van der Waals surface area contributed by atoms with Crippen LogP contribution in [0.15, 0.2) is 64.4 Å². The van der Waals surface area contributed by atoms with E-state index in [-0.39, 0.29) is 22.5 Å². The summed E-state index contributed by atoms with van der Waals surface area (Å²) < 4.78 is 21.0. The van der Waals surface area contributed by atoms with Crippen LogP contribution in [0.25, 0.3) is 22.4 Å². The third-order valence-corrected chi connectivity index (χ3v) is 8.61. The van der Waals surface area contributed by atoms with Gasteiger partial charge in [-0.15, -0.1) is 0 Å². The number of allylic oxidation sites excluding steroid dienone is 2. The van der Waals surface area contributed by atoms with E-state index in [1.807, 2.05) is 20.0 Å². The number of pyridine rings is 1. The van der Waals surface area contributed by atoms with Crippen molar-refractivity contribution in [1.82, 2.24) is 9.99 Å². The van der Waals surface area contributed by atoms with Crippen LogP contribution < -0.4 is 15.8 Å². The maximum absolute atomic E-state index is 15.5. The maximum atomic E-state index is 15.5. The van der Waals surface area contributed by atoms with E-state index in [9.17, 15) is 4.79 Å². The quantitative estimate of drug-likeness (QED) is 0.355. The number of aryl methyl sites for hydroxylation is 1. The highest BCUT2D eigenvalue weighted by atomic mass is 35.5. The molecule has 1 atom stereocenters. The summed E-state index contributed by atoms with van der Waals surface area (Å²) in [5.41, 5.74) is 14.2. The minimum Gasteiger partial charge on any atom is -0.481 e. The van der Waals surface area contributed by atoms with Crippen LogP contribution in [0.2, 0.25) is 5.02 Å². The van der Waals surface area contributed by atoms with E-state index in [1.54, 1.807) is 48.7 Å². The molecule has 0 spiro atoms. The molecule has 2 aliphatic carbocycles. The number of amides is 1. The van der Waals surface area contributed by atoms with Crippen molar-refractivity contribution in [2.45, 2.75) is 45.1 Å². The van der Waals surface area contributed by atoms with Gasteiger partial charge in [-0.25, -0.2) is 9.37 Å². The van der Waals surface area contributed by atoms with Crippen LogP contribution >= 0.6 is 11.6 Å². The van der Waals surface area contributed by atoms with Crippen LogP contribution in [0, 0.1) is 12.7 Å². The molecule has 3 aromatic rings. The second kappa shape index (κ2) is 10.8. The lowest BCUT2D eigenvalue weighted by atomic mass is 9.87. The van der Waals surface area contributed by atoms with Gasteiger partial charge in [-0.05, 0) is 91.6 Å². The monoisotopic (exact) mass is 571 g/mol. The average Bonchev–Trinajstić information content (AvgIpc) is 3.30. The number of methoxy groups -OCH3 is 1. The minimum absolute atomic E-state index is 0.126. The first kappa shape index (κ1) is 27.2. The van der Waals surface area contributed by atoms with E-state index in [1.165, 1.54) is 11.6 Å². The predicted molar refractivity (Wildman–Crippen MR) is 160 cm³/mol. The molecular formula is C32H31ClFN5O2. The van der Waals surface area contributed by atoms with Gasteiger partial charge >= 0.3 is 0 Å². The zero-order valence-electron chi connectivity index (χ0n) is 23.2. The number of nitrogens with one attached hydrogen (secondary N) is 1. The number of halogens is 2. The molecule has 1 fully saturated rings. The first-order chi connectivity index (χ1) is 19.8. The van der Waals surface area contributed by atoms with E-state index in [2.05, 4.69) is 15.4 Å². The molecule has 6 rings (SSSR count). The van der Waals surface area contributed by atoms with Crippen molar-refractivity contribution in [3.05, 3.63) is 86.8 Å². The summed E-state index contributed by atoms with van der Waals surface area (Å²) in [7, 11) is 3.42. The van der Waals surface area contributed by atoms with Gasteiger partial charge in [0.1, 0.15) is 5.82 Å². The van der Waals surface area contributed by atoms with Gasteiger partial charge in [-0.2, -0.15) is 5.10 Å². The molecule has 3 N–H and O–H groups in total. The Balaban J connectivity index is 1.37. The number of hydrazone groups is 1. The van der Waals surface area contributed by atoms with Crippen molar-refractivity contribution >= 4 is 29.4 Å². The largest absolute Gasteiger partial charge is 0.481 e. The fraction of sp³-hybridized carbons (Fsp3) is 0.281. The number of nitrogens with zero attached hydrogens (tertiary/aromatic N) is 3. The molecule has 1 aliphatic heterocycles. The van der Waals surface area contributed by atoms with E-state index < -0.39 is 5.82 Å². The molecular weight excluding hydrogens is 541 g/mol. The summed E-state index contributed by atoms with van der Waals surface area (Å²) in [5.74, 6) is -0.245. The second-order valence-corrected chi connectivity index (χ2v) is 11.0. The minimum atomic E-state index is -0.467. The first-order valence-electron chi connectivity index (χ1n) is 13.7. The van der Waals surface area contributed by atoms with Gasteiger partial charge in [-0.3, -0.25) is 9.80 Å². The van der Waals surface area contributed by atoms with Crippen molar-refractivity contribution < 1.29 is 13.9 Å². The number of fused-ring (bicyclic) bond motifs is 1. The molecule has 0 saturated heterocycles. The van der Waals surface area contributed by atoms with E-state index >= 15 is 4.39 Å². The van der Waals surface area contributed by atoms with Gasteiger partial charge in [0.05, 0.1) is 29.1 Å². The molecule has 1 aromatic heterocycles.